The Bertz CT molecular complexity index is 488. The van der Waals surface area contributed by atoms with Crippen LogP contribution in [-0.2, 0) is 9.47 Å². The molecule has 1 unspecified atom stereocenters. The number of rotatable bonds is 4. The van der Waals surface area contributed by atoms with E-state index >= 15 is 0 Å². The van der Waals surface area contributed by atoms with Crippen molar-refractivity contribution >= 4 is 23.2 Å². The van der Waals surface area contributed by atoms with Crippen molar-refractivity contribution in [3.05, 3.63) is 16.1 Å². The summed E-state index contributed by atoms with van der Waals surface area (Å²) < 4.78 is 10.4. The molecule has 0 N–H and O–H groups in total. The number of morpholine rings is 1. The first-order valence-corrected chi connectivity index (χ1v) is 7.57. The summed E-state index contributed by atoms with van der Waals surface area (Å²) in [5, 5.41) is 1.82. The van der Waals surface area contributed by atoms with Gasteiger partial charge in [0.05, 0.1) is 19.3 Å². The molecule has 1 fully saturated rings. The highest BCUT2D eigenvalue weighted by molar-refractivity contribution is 7.11. The van der Waals surface area contributed by atoms with Crippen LogP contribution in [0.2, 0.25) is 0 Å². The molecule has 1 amide bonds. The lowest BCUT2D eigenvalue weighted by atomic mass is 10.2. The van der Waals surface area contributed by atoms with Crippen LogP contribution in [0.4, 0.5) is 0 Å². The van der Waals surface area contributed by atoms with E-state index in [9.17, 15) is 9.59 Å². The highest BCUT2D eigenvalue weighted by Gasteiger charge is 2.26. The molecule has 0 spiro atoms. The van der Waals surface area contributed by atoms with Gasteiger partial charge in [-0.3, -0.25) is 4.79 Å². The van der Waals surface area contributed by atoms with Crippen molar-refractivity contribution in [1.82, 2.24) is 9.88 Å². The first-order valence-electron chi connectivity index (χ1n) is 6.69. The SMILES string of the molecule is CCOC(=O)c1nc(C(=O)N2CCOC(CC)C2)cs1. The summed E-state index contributed by atoms with van der Waals surface area (Å²) in [6.07, 6.45) is 0.949. The fourth-order valence-electron chi connectivity index (χ4n) is 1.97. The molecule has 1 aliphatic rings. The lowest BCUT2D eigenvalue weighted by Crippen LogP contribution is -2.45. The third kappa shape index (κ3) is 3.34. The van der Waals surface area contributed by atoms with E-state index in [4.69, 9.17) is 9.47 Å². The van der Waals surface area contributed by atoms with E-state index in [0.29, 0.717) is 32.0 Å². The lowest BCUT2D eigenvalue weighted by Gasteiger charge is -2.32. The van der Waals surface area contributed by atoms with Crippen LogP contribution in [0.1, 0.15) is 40.6 Å². The minimum absolute atomic E-state index is 0.0795. The number of thiazole rings is 1. The van der Waals surface area contributed by atoms with Crippen LogP contribution in [-0.4, -0.2) is 54.2 Å². The van der Waals surface area contributed by atoms with E-state index in [2.05, 4.69) is 4.98 Å². The van der Waals surface area contributed by atoms with E-state index in [0.717, 1.165) is 17.8 Å². The standard InChI is InChI=1S/C13H18N2O4S/c1-3-9-7-15(5-6-19-9)12(16)10-8-20-11(14-10)13(17)18-4-2/h8-9H,3-7H2,1-2H3. The second kappa shape index (κ2) is 6.81. The van der Waals surface area contributed by atoms with E-state index in [1.807, 2.05) is 6.92 Å². The quantitative estimate of drug-likeness (QED) is 0.789. The molecule has 1 saturated heterocycles. The number of hydrogen-bond acceptors (Lipinski definition) is 6. The van der Waals surface area contributed by atoms with Crippen LogP contribution < -0.4 is 0 Å². The fourth-order valence-corrected chi connectivity index (χ4v) is 2.65. The van der Waals surface area contributed by atoms with Gasteiger partial charge in [-0.2, -0.15) is 0 Å². The van der Waals surface area contributed by atoms with Gasteiger partial charge in [-0.05, 0) is 13.3 Å². The molecular weight excluding hydrogens is 280 g/mol. The normalized spacial score (nSPS) is 18.9. The summed E-state index contributed by atoms with van der Waals surface area (Å²) >= 11 is 1.13. The molecule has 2 heterocycles. The van der Waals surface area contributed by atoms with Crippen LogP contribution in [0.3, 0.4) is 0 Å². The van der Waals surface area contributed by atoms with E-state index in [1.165, 1.54) is 0 Å². The molecule has 1 aromatic rings. The minimum Gasteiger partial charge on any atom is -0.461 e. The van der Waals surface area contributed by atoms with Gasteiger partial charge in [-0.1, -0.05) is 6.92 Å². The molecule has 0 aliphatic carbocycles. The average molecular weight is 298 g/mol. The monoisotopic (exact) mass is 298 g/mol. The summed E-state index contributed by atoms with van der Waals surface area (Å²) in [7, 11) is 0. The van der Waals surface area contributed by atoms with Gasteiger partial charge >= 0.3 is 5.97 Å². The molecule has 0 bridgehead atoms. The number of ether oxygens (including phenoxy) is 2. The van der Waals surface area contributed by atoms with E-state index in [-0.39, 0.29) is 17.0 Å². The number of carbonyl (C=O) groups is 2. The zero-order valence-electron chi connectivity index (χ0n) is 11.6. The molecule has 7 heteroatoms. The number of carbonyl (C=O) groups excluding carboxylic acids is 2. The smallest absolute Gasteiger partial charge is 0.367 e. The van der Waals surface area contributed by atoms with Crippen molar-refractivity contribution < 1.29 is 19.1 Å². The molecule has 0 saturated carbocycles. The summed E-state index contributed by atoms with van der Waals surface area (Å²) in [6.45, 7) is 5.72. The molecule has 0 radical (unpaired) electrons. The van der Waals surface area contributed by atoms with Gasteiger partial charge in [-0.15, -0.1) is 11.3 Å². The first-order chi connectivity index (χ1) is 9.65. The van der Waals surface area contributed by atoms with Crippen LogP contribution in [0.25, 0.3) is 0 Å². The minimum atomic E-state index is -0.482. The summed E-state index contributed by atoms with van der Waals surface area (Å²) in [5.74, 6) is -0.636. The Labute approximate surface area is 121 Å². The van der Waals surface area contributed by atoms with Gasteiger partial charge in [0.1, 0.15) is 5.69 Å². The molecule has 1 aromatic heterocycles. The van der Waals surface area contributed by atoms with Crippen molar-refractivity contribution in [2.45, 2.75) is 26.4 Å². The summed E-state index contributed by atoms with van der Waals surface area (Å²) in [4.78, 5) is 29.6. The number of aromatic nitrogens is 1. The van der Waals surface area contributed by atoms with Gasteiger partial charge in [-0.25, -0.2) is 9.78 Å². The van der Waals surface area contributed by atoms with Gasteiger partial charge in [0.15, 0.2) is 0 Å². The number of amides is 1. The molecule has 6 nitrogen and oxygen atoms in total. The van der Waals surface area contributed by atoms with Crippen LogP contribution >= 0.6 is 11.3 Å². The molecule has 20 heavy (non-hydrogen) atoms. The fraction of sp³-hybridized carbons (Fsp3) is 0.615. The van der Waals surface area contributed by atoms with Gasteiger partial charge in [0.25, 0.3) is 5.91 Å². The van der Waals surface area contributed by atoms with Crippen LogP contribution in [0.15, 0.2) is 5.38 Å². The van der Waals surface area contributed by atoms with Crippen LogP contribution in [0.5, 0.6) is 0 Å². The highest BCUT2D eigenvalue weighted by atomic mass is 32.1. The second-order valence-electron chi connectivity index (χ2n) is 4.41. The van der Waals surface area contributed by atoms with Gasteiger partial charge in [0.2, 0.25) is 5.01 Å². The van der Waals surface area contributed by atoms with Crippen molar-refractivity contribution in [2.24, 2.45) is 0 Å². The summed E-state index contributed by atoms with van der Waals surface area (Å²) in [6, 6.07) is 0. The Balaban J connectivity index is 2.04. The van der Waals surface area contributed by atoms with E-state index < -0.39 is 5.97 Å². The average Bonchev–Trinajstić information content (AvgIpc) is 2.96. The second-order valence-corrected chi connectivity index (χ2v) is 5.27. The van der Waals surface area contributed by atoms with Crippen molar-refractivity contribution in [3.8, 4) is 0 Å². The van der Waals surface area contributed by atoms with Crippen LogP contribution in [0, 0.1) is 0 Å². The Morgan fingerprint density at radius 1 is 1.55 bits per heavy atom. The molecule has 0 aromatic carbocycles. The number of esters is 1. The summed E-state index contributed by atoms with van der Waals surface area (Å²) in [5.41, 5.74) is 0.301. The van der Waals surface area contributed by atoms with Gasteiger partial charge in [0, 0.05) is 18.5 Å². The maximum Gasteiger partial charge on any atom is 0.367 e. The van der Waals surface area contributed by atoms with Gasteiger partial charge < -0.3 is 14.4 Å². The Morgan fingerprint density at radius 3 is 3.05 bits per heavy atom. The Morgan fingerprint density at radius 2 is 2.35 bits per heavy atom. The number of nitrogens with zero attached hydrogens (tertiary/aromatic N) is 2. The lowest BCUT2D eigenvalue weighted by molar-refractivity contribution is -0.0227. The zero-order chi connectivity index (χ0) is 14.5. The molecular formula is C13H18N2O4S. The third-order valence-electron chi connectivity index (χ3n) is 3.05. The molecule has 1 aliphatic heterocycles. The Hall–Kier alpha value is -1.47. The largest absolute Gasteiger partial charge is 0.461 e. The maximum absolute atomic E-state index is 12.3. The van der Waals surface area contributed by atoms with Crippen molar-refractivity contribution in [1.29, 1.82) is 0 Å². The predicted octanol–water partition coefficient (Wildman–Crippen LogP) is 1.57. The number of hydrogen-bond donors (Lipinski definition) is 0. The molecule has 2 rings (SSSR count). The topological polar surface area (TPSA) is 68.7 Å². The molecule has 1 atom stereocenters. The van der Waals surface area contributed by atoms with Crippen molar-refractivity contribution in [3.63, 3.8) is 0 Å². The molecule has 110 valence electrons. The van der Waals surface area contributed by atoms with E-state index in [1.54, 1.807) is 17.2 Å². The Kier molecular flexibility index (Phi) is 5.08. The zero-order valence-corrected chi connectivity index (χ0v) is 12.4. The third-order valence-corrected chi connectivity index (χ3v) is 3.88. The maximum atomic E-state index is 12.3. The predicted molar refractivity (Wildman–Crippen MR) is 74.0 cm³/mol. The first kappa shape index (κ1) is 14.9. The van der Waals surface area contributed by atoms with Crippen molar-refractivity contribution in [2.75, 3.05) is 26.3 Å². The highest BCUT2D eigenvalue weighted by Crippen LogP contribution is 2.16.